The van der Waals surface area contributed by atoms with Crippen LogP contribution in [0.2, 0.25) is 0 Å². The molecule has 1 aliphatic rings. The summed E-state index contributed by atoms with van der Waals surface area (Å²) in [4.78, 5) is 10.4. The number of carbonyl (C=O) groups is 1. The van der Waals surface area contributed by atoms with Crippen LogP contribution in [0.3, 0.4) is 0 Å². The van der Waals surface area contributed by atoms with E-state index in [9.17, 15) is 9.90 Å². The van der Waals surface area contributed by atoms with Crippen LogP contribution >= 0.6 is 0 Å². The van der Waals surface area contributed by atoms with E-state index in [-0.39, 0.29) is 0 Å². The molecule has 3 rings (SSSR count). The number of phenolic OH excluding ortho intramolecular Hbond substituents is 1. The summed E-state index contributed by atoms with van der Waals surface area (Å²) in [5, 5.41) is 12.1. The Hall–Kier alpha value is -2.29. The highest BCUT2D eigenvalue weighted by Crippen LogP contribution is 2.39. The molecule has 3 heteroatoms. The second-order valence-electron chi connectivity index (χ2n) is 4.15. The average Bonchev–Trinajstić information content (AvgIpc) is 2.65. The van der Waals surface area contributed by atoms with Crippen LogP contribution in [-0.2, 0) is 11.2 Å². The molecule has 1 amide bonds. The molecular weight excluding hydrogens is 214 g/mol. The number of hydrogen-bond donors (Lipinski definition) is 2. The summed E-state index contributed by atoms with van der Waals surface area (Å²) >= 11 is 0. The molecule has 0 saturated carbocycles. The van der Waals surface area contributed by atoms with Gasteiger partial charge in [-0.1, -0.05) is 12.1 Å². The predicted molar refractivity (Wildman–Crippen MR) is 66.0 cm³/mol. The molecule has 17 heavy (non-hydrogen) atoms. The molecule has 2 aromatic carbocycles. The van der Waals surface area contributed by atoms with Crippen molar-refractivity contribution in [3.05, 3.63) is 47.5 Å². The summed E-state index contributed by atoms with van der Waals surface area (Å²) in [6.07, 6.45) is 1.48. The van der Waals surface area contributed by atoms with Crippen LogP contribution in [0.25, 0.3) is 11.1 Å². The third-order valence-corrected chi connectivity index (χ3v) is 3.09. The zero-order valence-corrected chi connectivity index (χ0v) is 9.10. The standard InChI is InChI=1S/C14H11NO2/c16-8-15-11-1-3-13-9(6-11)5-10-7-12(17)2-4-14(10)13/h1-4,6-8,17H,5H2,(H,15,16). The highest BCUT2D eigenvalue weighted by atomic mass is 16.3. The Kier molecular flexibility index (Phi) is 2.11. The molecule has 2 N–H and O–H groups in total. The first-order valence-corrected chi connectivity index (χ1v) is 5.43. The zero-order chi connectivity index (χ0) is 11.8. The van der Waals surface area contributed by atoms with E-state index in [1.54, 1.807) is 12.1 Å². The lowest BCUT2D eigenvalue weighted by atomic mass is 10.1. The van der Waals surface area contributed by atoms with Gasteiger partial charge in [0, 0.05) is 5.69 Å². The van der Waals surface area contributed by atoms with Gasteiger partial charge in [0.25, 0.3) is 0 Å². The summed E-state index contributed by atoms with van der Waals surface area (Å²) in [6, 6.07) is 11.3. The lowest BCUT2D eigenvalue weighted by Crippen LogP contribution is -1.94. The SMILES string of the molecule is O=CNc1ccc2c(c1)Cc1cc(O)ccc1-2. The van der Waals surface area contributed by atoms with E-state index < -0.39 is 0 Å². The van der Waals surface area contributed by atoms with E-state index in [0.717, 1.165) is 23.2 Å². The van der Waals surface area contributed by atoms with E-state index in [1.165, 1.54) is 11.1 Å². The molecule has 84 valence electrons. The Balaban J connectivity index is 2.09. The van der Waals surface area contributed by atoms with Crippen molar-refractivity contribution in [2.24, 2.45) is 0 Å². The third-order valence-electron chi connectivity index (χ3n) is 3.09. The van der Waals surface area contributed by atoms with Gasteiger partial charge >= 0.3 is 0 Å². The molecule has 0 unspecified atom stereocenters. The van der Waals surface area contributed by atoms with Crippen molar-refractivity contribution in [3.63, 3.8) is 0 Å². The number of aromatic hydroxyl groups is 1. The Morgan fingerprint density at radius 3 is 2.53 bits per heavy atom. The van der Waals surface area contributed by atoms with Crippen LogP contribution in [0.5, 0.6) is 5.75 Å². The van der Waals surface area contributed by atoms with Gasteiger partial charge < -0.3 is 10.4 Å². The first-order valence-electron chi connectivity index (χ1n) is 5.43. The van der Waals surface area contributed by atoms with Crippen molar-refractivity contribution >= 4 is 12.1 Å². The number of rotatable bonds is 2. The van der Waals surface area contributed by atoms with E-state index in [4.69, 9.17) is 0 Å². The minimum atomic E-state index is 0.294. The number of amides is 1. The Bertz CT molecular complexity index is 605. The van der Waals surface area contributed by atoms with Crippen LogP contribution in [-0.4, -0.2) is 11.5 Å². The molecule has 1 aliphatic carbocycles. The van der Waals surface area contributed by atoms with Gasteiger partial charge in [-0.2, -0.15) is 0 Å². The van der Waals surface area contributed by atoms with Crippen LogP contribution in [0.15, 0.2) is 36.4 Å². The van der Waals surface area contributed by atoms with E-state index in [1.807, 2.05) is 24.3 Å². The Morgan fingerprint density at radius 2 is 1.76 bits per heavy atom. The number of phenols is 1. The molecule has 0 spiro atoms. The molecule has 2 aromatic rings. The lowest BCUT2D eigenvalue weighted by molar-refractivity contribution is -0.105. The van der Waals surface area contributed by atoms with Crippen molar-refractivity contribution in [2.75, 3.05) is 5.32 Å². The third kappa shape index (κ3) is 1.56. The fraction of sp³-hybridized carbons (Fsp3) is 0.0714. The van der Waals surface area contributed by atoms with Gasteiger partial charge in [0.2, 0.25) is 6.41 Å². The molecule has 3 nitrogen and oxygen atoms in total. The first kappa shape index (κ1) is 9.90. The number of fused-ring (bicyclic) bond motifs is 3. The first-order chi connectivity index (χ1) is 8.28. The van der Waals surface area contributed by atoms with Gasteiger partial charge in [-0.15, -0.1) is 0 Å². The van der Waals surface area contributed by atoms with Gasteiger partial charge in [0.05, 0.1) is 0 Å². The van der Waals surface area contributed by atoms with E-state index in [0.29, 0.717) is 12.2 Å². The second kappa shape index (κ2) is 3.63. The maximum atomic E-state index is 10.4. The van der Waals surface area contributed by atoms with Crippen molar-refractivity contribution < 1.29 is 9.90 Å². The van der Waals surface area contributed by atoms with Crippen molar-refractivity contribution in [1.82, 2.24) is 0 Å². The maximum absolute atomic E-state index is 10.4. The second-order valence-corrected chi connectivity index (χ2v) is 4.15. The van der Waals surface area contributed by atoms with Gasteiger partial charge in [-0.05, 0) is 52.9 Å². The summed E-state index contributed by atoms with van der Waals surface area (Å²) in [6.45, 7) is 0. The average molecular weight is 225 g/mol. The summed E-state index contributed by atoms with van der Waals surface area (Å²) in [7, 11) is 0. The van der Waals surface area contributed by atoms with Gasteiger partial charge in [0.1, 0.15) is 5.75 Å². The summed E-state index contributed by atoms with van der Waals surface area (Å²) in [5.41, 5.74) is 5.45. The van der Waals surface area contributed by atoms with E-state index >= 15 is 0 Å². The monoisotopic (exact) mass is 225 g/mol. The largest absolute Gasteiger partial charge is 0.508 e. The number of anilines is 1. The number of nitrogens with one attached hydrogen (secondary N) is 1. The molecule has 0 heterocycles. The van der Waals surface area contributed by atoms with Crippen LogP contribution in [0, 0.1) is 0 Å². The van der Waals surface area contributed by atoms with Gasteiger partial charge in [-0.25, -0.2) is 0 Å². The number of hydrogen-bond acceptors (Lipinski definition) is 2. The minimum Gasteiger partial charge on any atom is -0.508 e. The van der Waals surface area contributed by atoms with Gasteiger partial charge in [-0.3, -0.25) is 4.79 Å². The van der Waals surface area contributed by atoms with Crippen molar-refractivity contribution in [2.45, 2.75) is 6.42 Å². The maximum Gasteiger partial charge on any atom is 0.211 e. The Labute approximate surface area is 98.7 Å². The van der Waals surface area contributed by atoms with Crippen molar-refractivity contribution in [3.8, 4) is 16.9 Å². The fourth-order valence-corrected chi connectivity index (χ4v) is 2.35. The number of benzene rings is 2. The number of carbonyl (C=O) groups excluding carboxylic acids is 1. The topological polar surface area (TPSA) is 49.3 Å². The highest BCUT2D eigenvalue weighted by molar-refractivity contribution is 5.81. The fourth-order valence-electron chi connectivity index (χ4n) is 2.35. The zero-order valence-electron chi connectivity index (χ0n) is 9.10. The van der Waals surface area contributed by atoms with Crippen molar-refractivity contribution in [1.29, 1.82) is 0 Å². The molecular formula is C14H11NO2. The highest BCUT2D eigenvalue weighted by Gasteiger charge is 2.18. The van der Waals surface area contributed by atoms with E-state index in [2.05, 4.69) is 5.32 Å². The normalized spacial score (nSPS) is 11.8. The molecule has 0 aliphatic heterocycles. The lowest BCUT2D eigenvalue weighted by Gasteiger charge is -2.03. The molecule has 0 saturated heterocycles. The predicted octanol–water partition coefficient (Wildman–Crippen LogP) is 2.53. The molecule has 0 radical (unpaired) electrons. The molecule has 0 fully saturated rings. The summed E-state index contributed by atoms with van der Waals surface area (Å²) < 4.78 is 0. The van der Waals surface area contributed by atoms with Crippen LogP contribution in [0.1, 0.15) is 11.1 Å². The van der Waals surface area contributed by atoms with Crippen LogP contribution < -0.4 is 5.32 Å². The van der Waals surface area contributed by atoms with Crippen LogP contribution in [0.4, 0.5) is 5.69 Å². The molecule has 0 atom stereocenters. The Morgan fingerprint density at radius 1 is 1.06 bits per heavy atom. The smallest absolute Gasteiger partial charge is 0.211 e. The quantitative estimate of drug-likeness (QED) is 0.658. The minimum absolute atomic E-state index is 0.294. The van der Waals surface area contributed by atoms with Gasteiger partial charge in [0.15, 0.2) is 0 Å². The molecule has 0 aromatic heterocycles. The summed E-state index contributed by atoms with van der Waals surface area (Å²) in [5.74, 6) is 0.294. The molecule has 0 bridgehead atoms.